The van der Waals surface area contributed by atoms with Crippen molar-refractivity contribution in [3.63, 3.8) is 0 Å². The summed E-state index contributed by atoms with van der Waals surface area (Å²) in [7, 11) is -3.76. The van der Waals surface area contributed by atoms with Crippen LogP contribution in [0, 0.1) is 0 Å². The van der Waals surface area contributed by atoms with Crippen LogP contribution in [0.4, 0.5) is 0 Å². The molecule has 0 saturated carbocycles. The molecule has 0 atom stereocenters. The number of unbranched alkanes of at least 4 members (excludes halogenated alkanes) is 10. The van der Waals surface area contributed by atoms with E-state index in [0.29, 0.717) is 4.90 Å². The van der Waals surface area contributed by atoms with E-state index in [2.05, 4.69) is 13.8 Å². The van der Waals surface area contributed by atoms with Crippen molar-refractivity contribution in [3.8, 4) is 0 Å². The molecule has 0 N–H and O–H groups in total. The fourth-order valence-electron chi connectivity index (χ4n) is 3.96. The first-order valence-corrected chi connectivity index (χ1v) is 13.4. The lowest BCUT2D eigenvalue weighted by molar-refractivity contribution is 0.306. The van der Waals surface area contributed by atoms with Gasteiger partial charge in [0.25, 0.3) is 10.1 Å². The molecule has 0 saturated heterocycles. The average molecular weight is 433 g/mol. The topological polar surface area (TPSA) is 43.4 Å². The van der Waals surface area contributed by atoms with Crippen LogP contribution in [0.1, 0.15) is 96.5 Å². The minimum atomic E-state index is -3.76. The van der Waals surface area contributed by atoms with Gasteiger partial charge in [0.05, 0.1) is 6.61 Å². The number of fused-ring (bicyclic) bond motifs is 1. The third kappa shape index (κ3) is 8.03. The lowest BCUT2D eigenvalue weighted by Gasteiger charge is -2.14. The molecule has 2 aromatic rings. The SMILES string of the molecule is CCCCCCCCCCCCOS(=O)(=O)c1c(CCCC)ccc2ccccc12. The van der Waals surface area contributed by atoms with Gasteiger partial charge in [-0.25, -0.2) is 0 Å². The van der Waals surface area contributed by atoms with E-state index in [1.165, 1.54) is 44.9 Å². The van der Waals surface area contributed by atoms with Crippen LogP contribution in [0.3, 0.4) is 0 Å². The van der Waals surface area contributed by atoms with Crippen molar-refractivity contribution in [3.05, 3.63) is 42.0 Å². The van der Waals surface area contributed by atoms with Crippen LogP contribution in [0.2, 0.25) is 0 Å². The van der Waals surface area contributed by atoms with Crippen LogP contribution >= 0.6 is 0 Å². The van der Waals surface area contributed by atoms with E-state index < -0.39 is 10.1 Å². The predicted molar refractivity (Wildman–Crippen MR) is 128 cm³/mol. The van der Waals surface area contributed by atoms with E-state index in [1.54, 1.807) is 0 Å². The quantitative estimate of drug-likeness (QED) is 0.201. The molecule has 2 rings (SSSR count). The Hall–Kier alpha value is -1.39. The molecule has 0 radical (unpaired) electrons. The third-order valence-electron chi connectivity index (χ3n) is 5.75. The lowest BCUT2D eigenvalue weighted by Crippen LogP contribution is -2.11. The molecule has 168 valence electrons. The number of aryl methyl sites for hydroxylation is 1. The highest BCUT2D eigenvalue weighted by atomic mass is 32.2. The van der Waals surface area contributed by atoms with Crippen LogP contribution in [-0.2, 0) is 20.7 Å². The minimum Gasteiger partial charge on any atom is -0.266 e. The summed E-state index contributed by atoms with van der Waals surface area (Å²) in [6.07, 6.45) is 15.0. The Morgan fingerprint density at radius 2 is 1.30 bits per heavy atom. The smallest absolute Gasteiger partial charge is 0.266 e. The van der Waals surface area contributed by atoms with Crippen molar-refractivity contribution < 1.29 is 12.6 Å². The highest BCUT2D eigenvalue weighted by molar-refractivity contribution is 7.87. The highest BCUT2D eigenvalue weighted by Crippen LogP contribution is 2.29. The first kappa shape index (κ1) is 24.9. The second-order valence-corrected chi connectivity index (χ2v) is 9.89. The standard InChI is InChI=1S/C26H40O3S/c1-3-5-7-8-9-10-11-12-13-16-22-29-30(27,28)26-24(17-6-4-2)21-20-23-18-14-15-19-25(23)26/h14-15,18-21H,3-13,16-17,22H2,1-2H3. The lowest BCUT2D eigenvalue weighted by atomic mass is 10.0. The van der Waals surface area contributed by atoms with E-state index >= 15 is 0 Å². The number of benzene rings is 2. The van der Waals surface area contributed by atoms with Crippen molar-refractivity contribution in [1.82, 2.24) is 0 Å². The number of rotatable bonds is 16. The van der Waals surface area contributed by atoms with Gasteiger partial charge in [0.15, 0.2) is 0 Å². The molecule has 0 unspecified atom stereocenters. The average Bonchev–Trinajstić information content (AvgIpc) is 2.75. The Morgan fingerprint density at radius 3 is 1.97 bits per heavy atom. The van der Waals surface area contributed by atoms with E-state index in [-0.39, 0.29) is 6.61 Å². The van der Waals surface area contributed by atoms with Crippen molar-refractivity contribution in [1.29, 1.82) is 0 Å². The molecule has 0 heterocycles. The normalized spacial score (nSPS) is 11.9. The van der Waals surface area contributed by atoms with E-state index in [4.69, 9.17) is 4.18 Å². The van der Waals surface area contributed by atoms with E-state index in [9.17, 15) is 8.42 Å². The van der Waals surface area contributed by atoms with Crippen LogP contribution in [0.15, 0.2) is 41.3 Å². The number of hydrogen-bond donors (Lipinski definition) is 0. The zero-order chi connectivity index (χ0) is 21.7. The van der Waals surface area contributed by atoms with Gasteiger partial charge in [-0.1, -0.05) is 114 Å². The molecule has 4 heteroatoms. The molecule has 3 nitrogen and oxygen atoms in total. The molecule has 0 aliphatic rings. The molecule has 0 aromatic heterocycles. The zero-order valence-electron chi connectivity index (χ0n) is 19.0. The maximum Gasteiger partial charge on any atom is 0.297 e. The van der Waals surface area contributed by atoms with Gasteiger partial charge in [0.2, 0.25) is 0 Å². The molecule has 0 amide bonds. The summed E-state index contributed by atoms with van der Waals surface area (Å²) >= 11 is 0. The Kier molecular flexibility index (Phi) is 11.5. The molecule has 2 aromatic carbocycles. The Labute approximate surface area is 184 Å². The Morgan fingerprint density at radius 1 is 0.700 bits per heavy atom. The van der Waals surface area contributed by atoms with Gasteiger partial charge < -0.3 is 0 Å². The predicted octanol–water partition coefficient (Wildman–Crippen LogP) is 7.81. The fourth-order valence-corrected chi connectivity index (χ4v) is 5.37. The van der Waals surface area contributed by atoms with Gasteiger partial charge in [-0.2, -0.15) is 8.42 Å². The first-order valence-electron chi connectivity index (χ1n) is 12.0. The van der Waals surface area contributed by atoms with Crippen molar-refractivity contribution in [2.75, 3.05) is 6.61 Å². The zero-order valence-corrected chi connectivity index (χ0v) is 19.8. The summed E-state index contributed by atoms with van der Waals surface area (Å²) < 4.78 is 31.6. The Bertz CT molecular complexity index is 842. The molecule has 0 fully saturated rings. The second-order valence-electron chi connectivity index (χ2n) is 8.34. The fraction of sp³-hybridized carbons (Fsp3) is 0.615. The maximum absolute atomic E-state index is 13.1. The maximum atomic E-state index is 13.1. The molecule has 0 aliphatic carbocycles. The minimum absolute atomic E-state index is 0.273. The van der Waals surface area contributed by atoms with Crippen LogP contribution in [-0.4, -0.2) is 15.0 Å². The van der Waals surface area contributed by atoms with E-state index in [0.717, 1.165) is 54.9 Å². The van der Waals surface area contributed by atoms with Crippen molar-refractivity contribution in [2.45, 2.75) is 102 Å². The summed E-state index contributed by atoms with van der Waals surface area (Å²) in [6.45, 7) is 4.64. The molecule has 0 bridgehead atoms. The van der Waals surface area contributed by atoms with Gasteiger partial charge in [-0.15, -0.1) is 0 Å². The highest BCUT2D eigenvalue weighted by Gasteiger charge is 2.22. The third-order valence-corrected chi connectivity index (χ3v) is 7.21. The number of hydrogen-bond acceptors (Lipinski definition) is 3. The molecule has 30 heavy (non-hydrogen) atoms. The van der Waals surface area contributed by atoms with Crippen molar-refractivity contribution in [2.24, 2.45) is 0 Å². The molecular formula is C26H40O3S. The van der Waals surface area contributed by atoms with Gasteiger partial charge in [0, 0.05) is 5.39 Å². The largest absolute Gasteiger partial charge is 0.297 e. The molecular weight excluding hydrogens is 392 g/mol. The van der Waals surface area contributed by atoms with Gasteiger partial charge in [-0.3, -0.25) is 4.18 Å². The summed E-state index contributed by atoms with van der Waals surface area (Å²) in [6, 6.07) is 11.7. The summed E-state index contributed by atoms with van der Waals surface area (Å²) in [4.78, 5) is 0.376. The van der Waals surface area contributed by atoms with Gasteiger partial charge >= 0.3 is 0 Å². The van der Waals surface area contributed by atoms with Crippen molar-refractivity contribution >= 4 is 20.9 Å². The van der Waals surface area contributed by atoms with E-state index in [1.807, 2.05) is 36.4 Å². The van der Waals surface area contributed by atoms with Crippen LogP contribution in [0.25, 0.3) is 10.8 Å². The molecule has 0 spiro atoms. The molecule has 0 aliphatic heterocycles. The van der Waals surface area contributed by atoms with Crippen LogP contribution < -0.4 is 0 Å². The van der Waals surface area contributed by atoms with Gasteiger partial charge in [-0.05, 0) is 30.2 Å². The monoisotopic (exact) mass is 432 g/mol. The summed E-state index contributed by atoms with van der Waals surface area (Å²) in [5.74, 6) is 0. The Balaban J connectivity index is 1.86. The second kappa shape index (κ2) is 13.8. The summed E-state index contributed by atoms with van der Waals surface area (Å²) in [5, 5.41) is 1.72. The van der Waals surface area contributed by atoms with Crippen LogP contribution in [0.5, 0.6) is 0 Å². The van der Waals surface area contributed by atoms with Gasteiger partial charge in [0.1, 0.15) is 4.90 Å². The summed E-state index contributed by atoms with van der Waals surface area (Å²) in [5.41, 5.74) is 0.874. The first-order chi connectivity index (χ1) is 14.6.